The first-order valence-corrected chi connectivity index (χ1v) is 6.35. The third kappa shape index (κ3) is 4.04. The number of hydrogen-bond acceptors (Lipinski definition) is 4. The lowest BCUT2D eigenvalue weighted by Gasteiger charge is -2.15. The van der Waals surface area contributed by atoms with E-state index < -0.39 is 17.9 Å². The van der Waals surface area contributed by atoms with Gasteiger partial charge in [-0.1, -0.05) is 30.3 Å². The second-order valence-electron chi connectivity index (χ2n) is 4.52. The monoisotopic (exact) mass is 285 g/mol. The van der Waals surface area contributed by atoms with Crippen molar-refractivity contribution in [3.8, 4) is 5.75 Å². The Morgan fingerprint density at radius 3 is 2.48 bits per heavy atom. The first kappa shape index (κ1) is 14.5. The molecule has 0 spiro atoms. The Bertz CT molecular complexity index is 626. The maximum atomic E-state index is 12.0. The molecule has 6 nitrogen and oxygen atoms in total. The summed E-state index contributed by atoms with van der Waals surface area (Å²) in [4.78, 5) is 27.3. The van der Waals surface area contributed by atoms with Crippen molar-refractivity contribution < 1.29 is 14.7 Å². The van der Waals surface area contributed by atoms with Crippen LogP contribution >= 0.6 is 0 Å². The van der Waals surface area contributed by atoms with Crippen molar-refractivity contribution in [1.29, 1.82) is 0 Å². The maximum absolute atomic E-state index is 12.0. The molecule has 1 heterocycles. The van der Waals surface area contributed by atoms with E-state index in [9.17, 15) is 9.59 Å². The fourth-order valence-electron chi connectivity index (χ4n) is 1.83. The fourth-order valence-corrected chi connectivity index (χ4v) is 1.83. The number of nitrogens with zero attached hydrogens (tertiary/aromatic N) is 1. The third-order valence-corrected chi connectivity index (χ3v) is 2.91. The predicted octanol–water partition coefficient (Wildman–Crippen LogP) is 0.614. The largest absolute Gasteiger partial charge is 0.506 e. The van der Waals surface area contributed by atoms with Crippen molar-refractivity contribution in [1.82, 2.24) is 10.3 Å². The molecule has 2 aromatic rings. The van der Waals surface area contributed by atoms with E-state index in [2.05, 4.69) is 10.3 Å². The molecular weight excluding hydrogens is 270 g/mol. The van der Waals surface area contributed by atoms with Gasteiger partial charge in [0.25, 0.3) is 5.91 Å². The Morgan fingerprint density at radius 1 is 1.19 bits per heavy atom. The number of aromatic nitrogens is 1. The van der Waals surface area contributed by atoms with Crippen LogP contribution in [0.5, 0.6) is 5.75 Å². The number of carbonyl (C=O) groups is 2. The van der Waals surface area contributed by atoms with Gasteiger partial charge in [-0.2, -0.15) is 0 Å². The van der Waals surface area contributed by atoms with Crippen LogP contribution in [0.1, 0.15) is 16.1 Å². The standard InChI is InChI=1S/C15H15N3O3/c16-14(20)13(8-10-4-2-1-3-5-10)18-15(21)12-7-6-11(19)9-17-12/h1-7,9,13,19H,8H2,(H2,16,20)(H,18,21). The summed E-state index contributed by atoms with van der Waals surface area (Å²) in [6.45, 7) is 0. The van der Waals surface area contributed by atoms with Gasteiger partial charge in [0.2, 0.25) is 5.91 Å². The van der Waals surface area contributed by atoms with Gasteiger partial charge >= 0.3 is 0 Å². The minimum atomic E-state index is -0.824. The van der Waals surface area contributed by atoms with Crippen LogP contribution in [0.2, 0.25) is 0 Å². The van der Waals surface area contributed by atoms with E-state index in [0.29, 0.717) is 6.42 Å². The van der Waals surface area contributed by atoms with Crippen LogP contribution in [0.25, 0.3) is 0 Å². The summed E-state index contributed by atoms with van der Waals surface area (Å²) in [7, 11) is 0. The highest BCUT2D eigenvalue weighted by molar-refractivity contribution is 5.95. The summed E-state index contributed by atoms with van der Waals surface area (Å²) in [6, 6.07) is 11.1. The Hall–Kier alpha value is -2.89. The zero-order valence-electron chi connectivity index (χ0n) is 11.2. The smallest absolute Gasteiger partial charge is 0.270 e. The summed E-state index contributed by atoms with van der Waals surface area (Å²) < 4.78 is 0. The van der Waals surface area contributed by atoms with E-state index in [-0.39, 0.29) is 11.4 Å². The minimum Gasteiger partial charge on any atom is -0.506 e. The number of nitrogens with one attached hydrogen (secondary N) is 1. The number of rotatable bonds is 5. The lowest BCUT2D eigenvalue weighted by molar-refractivity contribution is -0.119. The summed E-state index contributed by atoms with van der Waals surface area (Å²) in [5.41, 5.74) is 6.31. The number of aromatic hydroxyl groups is 1. The van der Waals surface area contributed by atoms with Crippen molar-refractivity contribution in [2.24, 2.45) is 5.73 Å². The normalized spacial score (nSPS) is 11.6. The van der Waals surface area contributed by atoms with Crippen molar-refractivity contribution >= 4 is 11.8 Å². The molecule has 6 heteroatoms. The molecule has 2 amide bonds. The van der Waals surface area contributed by atoms with Gasteiger partial charge in [0.1, 0.15) is 17.5 Å². The van der Waals surface area contributed by atoms with E-state index in [4.69, 9.17) is 10.8 Å². The van der Waals surface area contributed by atoms with E-state index in [1.54, 1.807) is 0 Å². The molecule has 0 fully saturated rings. The molecule has 0 saturated carbocycles. The molecule has 0 bridgehead atoms. The molecule has 108 valence electrons. The molecule has 1 aromatic heterocycles. The molecule has 0 radical (unpaired) electrons. The number of primary amides is 1. The number of amides is 2. The molecule has 1 aromatic carbocycles. The van der Waals surface area contributed by atoms with Crippen LogP contribution < -0.4 is 11.1 Å². The fraction of sp³-hybridized carbons (Fsp3) is 0.133. The van der Waals surface area contributed by atoms with Crippen LogP contribution in [0.3, 0.4) is 0 Å². The van der Waals surface area contributed by atoms with E-state index in [1.807, 2.05) is 30.3 Å². The first-order valence-electron chi connectivity index (χ1n) is 6.35. The van der Waals surface area contributed by atoms with Gasteiger partial charge in [0.05, 0.1) is 6.20 Å². The van der Waals surface area contributed by atoms with Crippen LogP contribution in [0.4, 0.5) is 0 Å². The highest BCUT2D eigenvalue weighted by Gasteiger charge is 2.20. The molecule has 1 unspecified atom stereocenters. The lowest BCUT2D eigenvalue weighted by Crippen LogP contribution is -2.46. The molecule has 1 atom stereocenters. The minimum absolute atomic E-state index is 0.0395. The van der Waals surface area contributed by atoms with Gasteiger partial charge in [-0.25, -0.2) is 4.98 Å². The van der Waals surface area contributed by atoms with Gasteiger partial charge in [0, 0.05) is 6.42 Å². The summed E-state index contributed by atoms with van der Waals surface area (Å²) in [5, 5.41) is 11.7. The highest BCUT2D eigenvalue weighted by atomic mass is 16.3. The van der Waals surface area contributed by atoms with Crippen LogP contribution in [-0.4, -0.2) is 27.9 Å². The van der Waals surface area contributed by atoms with Crippen LogP contribution in [0.15, 0.2) is 48.7 Å². The number of hydrogen-bond donors (Lipinski definition) is 3. The van der Waals surface area contributed by atoms with Crippen molar-refractivity contribution in [3.63, 3.8) is 0 Å². The maximum Gasteiger partial charge on any atom is 0.270 e. The summed E-state index contributed by atoms with van der Waals surface area (Å²) in [6.07, 6.45) is 1.46. The van der Waals surface area contributed by atoms with Crippen molar-refractivity contribution in [2.75, 3.05) is 0 Å². The lowest BCUT2D eigenvalue weighted by atomic mass is 10.1. The van der Waals surface area contributed by atoms with Gasteiger partial charge in [0.15, 0.2) is 0 Å². The van der Waals surface area contributed by atoms with Gasteiger partial charge in [-0.3, -0.25) is 9.59 Å². The van der Waals surface area contributed by atoms with Crippen molar-refractivity contribution in [3.05, 3.63) is 59.9 Å². The SMILES string of the molecule is NC(=O)C(Cc1ccccc1)NC(=O)c1ccc(O)cn1. The topological polar surface area (TPSA) is 105 Å². The molecule has 21 heavy (non-hydrogen) atoms. The number of benzene rings is 1. The first-order chi connectivity index (χ1) is 10.1. The third-order valence-electron chi connectivity index (χ3n) is 2.91. The number of carbonyl (C=O) groups excluding carboxylic acids is 2. The summed E-state index contributed by atoms with van der Waals surface area (Å²) in [5.74, 6) is -1.18. The Morgan fingerprint density at radius 2 is 1.90 bits per heavy atom. The highest BCUT2D eigenvalue weighted by Crippen LogP contribution is 2.07. The van der Waals surface area contributed by atoms with Gasteiger partial charge in [-0.15, -0.1) is 0 Å². The molecule has 4 N–H and O–H groups in total. The Balaban J connectivity index is 2.07. The Kier molecular flexibility index (Phi) is 4.50. The predicted molar refractivity (Wildman–Crippen MR) is 76.5 cm³/mol. The molecule has 2 rings (SSSR count). The Labute approximate surface area is 121 Å². The van der Waals surface area contributed by atoms with Gasteiger partial charge in [-0.05, 0) is 17.7 Å². The van der Waals surface area contributed by atoms with Crippen LogP contribution in [0, 0.1) is 0 Å². The second-order valence-corrected chi connectivity index (χ2v) is 4.52. The van der Waals surface area contributed by atoms with E-state index >= 15 is 0 Å². The number of nitrogens with two attached hydrogens (primary N) is 1. The number of pyridine rings is 1. The molecule has 0 aliphatic carbocycles. The van der Waals surface area contributed by atoms with Crippen LogP contribution in [-0.2, 0) is 11.2 Å². The summed E-state index contributed by atoms with van der Waals surface area (Å²) >= 11 is 0. The van der Waals surface area contributed by atoms with Gasteiger partial charge < -0.3 is 16.2 Å². The van der Waals surface area contributed by atoms with E-state index in [0.717, 1.165) is 11.8 Å². The average Bonchev–Trinajstić information content (AvgIpc) is 2.48. The second kappa shape index (κ2) is 6.51. The molecule has 0 aliphatic heterocycles. The zero-order valence-corrected chi connectivity index (χ0v) is 11.2. The zero-order chi connectivity index (χ0) is 15.2. The van der Waals surface area contributed by atoms with Crippen molar-refractivity contribution in [2.45, 2.75) is 12.5 Å². The average molecular weight is 285 g/mol. The quantitative estimate of drug-likeness (QED) is 0.748. The molecule has 0 saturated heterocycles. The molecular formula is C15H15N3O3. The molecule has 0 aliphatic rings. The van der Waals surface area contributed by atoms with E-state index in [1.165, 1.54) is 12.1 Å².